The van der Waals surface area contributed by atoms with E-state index < -0.39 is 10.0 Å². The van der Waals surface area contributed by atoms with Crippen LogP contribution in [0, 0.1) is 0 Å². The molecule has 0 atom stereocenters. The van der Waals surface area contributed by atoms with Crippen LogP contribution in [0.5, 0.6) is 0 Å². The van der Waals surface area contributed by atoms with Crippen molar-refractivity contribution >= 4 is 21.4 Å². The lowest BCUT2D eigenvalue weighted by Gasteiger charge is -2.11. The first-order valence-corrected chi connectivity index (χ1v) is 7.02. The van der Waals surface area contributed by atoms with Crippen LogP contribution in [0.15, 0.2) is 35.5 Å². The Morgan fingerprint density at radius 2 is 2.16 bits per heavy atom. The van der Waals surface area contributed by atoms with Gasteiger partial charge in [0.2, 0.25) is 10.0 Å². The number of anilines is 2. The van der Waals surface area contributed by atoms with E-state index in [1.807, 2.05) is 0 Å². The smallest absolute Gasteiger partial charge is 0.240 e. The number of nitrogens with one attached hydrogen (secondary N) is 1. The van der Waals surface area contributed by atoms with E-state index in [1.165, 1.54) is 6.07 Å². The van der Waals surface area contributed by atoms with Crippen LogP contribution in [-0.4, -0.2) is 30.0 Å². The summed E-state index contributed by atoms with van der Waals surface area (Å²) in [7, 11) is -3.82. The fourth-order valence-corrected chi connectivity index (χ4v) is 2.29. The SMILES string of the molecule is Nc1c(NCCn2ccnn2)cccc1S(N)(=O)=O. The molecule has 0 fully saturated rings. The summed E-state index contributed by atoms with van der Waals surface area (Å²) in [6, 6.07) is 4.63. The molecular formula is C10H14N6O2S. The number of rotatable bonds is 5. The Hall–Kier alpha value is -2.13. The lowest BCUT2D eigenvalue weighted by molar-refractivity contribution is 0.598. The fraction of sp³-hybridized carbons (Fsp3) is 0.200. The van der Waals surface area contributed by atoms with Crippen LogP contribution in [0.2, 0.25) is 0 Å². The minimum atomic E-state index is -3.82. The summed E-state index contributed by atoms with van der Waals surface area (Å²) in [4.78, 5) is -0.0849. The molecule has 9 heteroatoms. The molecule has 1 aromatic carbocycles. The molecule has 0 saturated carbocycles. The third-order valence-corrected chi connectivity index (χ3v) is 3.47. The number of hydrogen-bond donors (Lipinski definition) is 3. The van der Waals surface area contributed by atoms with Crippen LogP contribution in [-0.2, 0) is 16.6 Å². The fourth-order valence-electron chi connectivity index (χ4n) is 1.60. The number of hydrogen-bond acceptors (Lipinski definition) is 6. The van der Waals surface area contributed by atoms with Crippen LogP contribution in [0.25, 0.3) is 0 Å². The largest absolute Gasteiger partial charge is 0.396 e. The van der Waals surface area contributed by atoms with Crippen LogP contribution in [0.4, 0.5) is 11.4 Å². The molecule has 0 unspecified atom stereocenters. The van der Waals surface area contributed by atoms with E-state index in [4.69, 9.17) is 10.9 Å². The van der Waals surface area contributed by atoms with Gasteiger partial charge in [0.05, 0.1) is 24.1 Å². The van der Waals surface area contributed by atoms with Crippen molar-refractivity contribution in [1.29, 1.82) is 0 Å². The van der Waals surface area contributed by atoms with Crippen molar-refractivity contribution in [2.45, 2.75) is 11.4 Å². The summed E-state index contributed by atoms with van der Waals surface area (Å²) >= 11 is 0. The summed E-state index contributed by atoms with van der Waals surface area (Å²) in [5, 5.41) is 15.6. The van der Waals surface area contributed by atoms with Gasteiger partial charge >= 0.3 is 0 Å². The highest BCUT2D eigenvalue weighted by atomic mass is 32.2. The van der Waals surface area contributed by atoms with Crippen molar-refractivity contribution in [3.8, 4) is 0 Å². The maximum absolute atomic E-state index is 11.3. The molecule has 0 aliphatic rings. The zero-order valence-electron chi connectivity index (χ0n) is 10.0. The van der Waals surface area contributed by atoms with Gasteiger partial charge < -0.3 is 11.1 Å². The molecule has 5 N–H and O–H groups in total. The first-order chi connectivity index (χ1) is 8.98. The predicted molar refractivity (Wildman–Crippen MR) is 70.7 cm³/mol. The highest BCUT2D eigenvalue weighted by Gasteiger charge is 2.14. The van der Waals surface area contributed by atoms with Gasteiger partial charge in [-0.05, 0) is 12.1 Å². The van der Waals surface area contributed by atoms with Crippen molar-refractivity contribution in [2.75, 3.05) is 17.6 Å². The Balaban J connectivity index is 2.09. The van der Waals surface area contributed by atoms with E-state index in [2.05, 4.69) is 15.6 Å². The van der Waals surface area contributed by atoms with Crippen molar-refractivity contribution < 1.29 is 8.42 Å². The molecule has 0 aliphatic carbocycles. The highest BCUT2D eigenvalue weighted by Crippen LogP contribution is 2.25. The Labute approximate surface area is 110 Å². The van der Waals surface area contributed by atoms with E-state index in [9.17, 15) is 8.42 Å². The van der Waals surface area contributed by atoms with Crippen LogP contribution in [0.3, 0.4) is 0 Å². The molecule has 0 aliphatic heterocycles. The quantitative estimate of drug-likeness (QED) is 0.641. The minimum absolute atomic E-state index is 0.0849. The molecule has 102 valence electrons. The lowest BCUT2D eigenvalue weighted by atomic mass is 10.2. The Morgan fingerprint density at radius 3 is 2.79 bits per heavy atom. The second kappa shape index (κ2) is 5.24. The first-order valence-electron chi connectivity index (χ1n) is 5.48. The molecule has 19 heavy (non-hydrogen) atoms. The number of aromatic nitrogens is 3. The van der Waals surface area contributed by atoms with Crippen LogP contribution >= 0.6 is 0 Å². The standard InChI is InChI=1S/C10H14N6O2S/c11-10-8(2-1-3-9(10)19(12,17)18)13-4-6-16-7-5-14-15-16/h1-3,5,7,13H,4,6,11H2,(H2,12,17,18). The number of nitrogen functional groups attached to an aromatic ring is 1. The molecule has 1 aromatic heterocycles. The third-order valence-electron chi connectivity index (χ3n) is 2.50. The second-order valence-corrected chi connectivity index (χ2v) is 5.39. The van der Waals surface area contributed by atoms with Crippen molar-refractivity contribution in [3.63, 3.8) is 0 Å². The van der Waals surface area contributed by atoms with Crippen molar-refractivity contribution in [2.24, 2.45) is 5.14 Å². The second-order valence-electron chi connectivity index (χ2n) is 3.86. The summed E-state index contributed by atoms with van der Waals surface area (Å²) in [6.45, 7) is 1.11. The molecule has 0 bridgehead atoms. The zero-order valence-corrected chi connectivity index (χ0v) is 10.8. The molecule has 0 spiro atoms. The summed E-state index contributed by atoms with van der Waals surface area (Å²) < 4.78 is 24.3. The van der Waals surface area contributed by atoms with Gasteiger partial charge in [-0.1, -0.05) is 11.3 Å². The molecular weight excluding hydrogens is 268 g/mol. The molecule has 2 aromatic rings. The minimum Gasteiger partial charge on any atom is -0.396 e. The summed E-state index contributed by atoms with van der Waals surface area (Å²) in [5.74, 6) is 0. The summed E-state index contributed by atoms with van der Waals surface area (Å²) in [6.07, 6.45) is 3.31. The molecule has 0 amide bonds. The van der Waals surface area contributed by atoms with E-state index in [0.717, 1.165) is 0 Å². The predicted octanol–water partition coefficient (Wildman–Crippen LogP) is -0.380. The van der Waals surface area contributed by atoms with Gasteiger partial charge in [-0.3, -0.25) is 4.68 Å². The topological polar surface area (TPSA) is 129 Å². The van der Waals surface area contributed by atoms with Crippen molar-refractivity contribution in [3.05, 3.63) is 30.6 Å². The molecule has 2 rings (SSSR count). The number of nitrogens with two attached hydrogens (primary N) is 2. The molecule has 8 nitrogen and oxygen atoms in total. The Bertz CT molecular complexity index is 653. The van der Waals surface area contributed by atoms with Gasteiger partial charge in [0, 0.05) is 12.7 Å². The maximum Gasteiger partial charge on any atom is 0.240 e. The number of nitrogens with zero attached hydrogens (tertiary/aromatic N) is 3. The Kier molecular flexibility index (Phi) is 3.67. The van der Waals surface area contributed by atoms with Gasteiger partial charge in [0.1, 0.15) is 4.90 Å². The average molecular weight is 282 g/mol. The van der Waals surface area contributed by atoms with E-state index in [-0.39, 0.29) is 10.6 Å². The van der Waals surface area contributed by atoms with Gasteiger partial charge in [-0.15, -0.1) is 5.10 Å². The van der Waals surface area contributed by atoms with Crippen LogP contribution < -0.4 is 16.2 Å². The molecule has 1 heterocycles. The van der Waals surface area contributed by atoms with Gasteiger partial charge in [-0.2, -0.15) is 0 Å². The zero-order chi connectivity index (χ0) is 13.9. The third kappa shape index (κ3) is 3.20. The average Bonchev–Trinajstić information content (AvgIpc) is 2.83. The Morgan fingerprint density at radius 1 is 1.37 bits per heavy atom. The first kappa shape index (κ1) is 13.3. The van der Waals surface area contributed by atoms with Gasteiger partial charge in [-0.25, -0.2) is 13.6 Å². The highest BCUT2D eigenvalue weighted by molar-refractivity contribution is 7.89. The number of sulfonamides is 1. The van der Waals surface area contributed by atoms with Gasteiger partial charge in [0.15, 0.2) is 0 Å². The normalized spacial score (nSPS) is 11.4. The molecule has 0 radical (unpaired) electrons. The van der Waals surface area contributed by atoms with E-state index in [0.29, 0.717) is 18.8 Å². The van der Waals surface area contributed by atoms with E-state index >= 15 is 0 Å². The number of primary sulfonamides is 1. The monoisotopic (exact) mass is 282 g/mol. The van der Waals surface area contributed by atoms with Crippen LogP contribution in [0.1, 0.15) is 0 Å². The maximum atomic E-state index is 11.3. The van der Waals surface area contributed by atoms with E-state index in [1.54, 1.807) is 29.2 Å². The summed E-state index contributed by atoms with van der Waals surface area (Å²) in [5.41, 5.74) is 6.41. The number of para-hydroxylation sites is 1. The van der Waals surface area contributed by atoms with Crippen molar-refractivity contribution in [1.82, 2.24) is 15.0 Å². The van der Waals surface area contributed by atoms with Gasteiger partial charge in [0.25, 0.3) is 0 Å². The number of benzene rings is 1. The molecule has 0 saturated heterocycles. The lowest BCUT2D eigenvalue weighted by Crippen LogP contribution is -2.16.